The average Bonchev–Trinajstić information content (AvgIpc) is 2.37. The zero-order valence-corrected chi connectivity index (χ0v) is 13.3. The van der Waals surface area contributed by atoms with Crippen molar-refractivity contribution in [2.24, 2.45) is 5.73 Å². The van der Waals surface area contributed by atoms with E-state index in [1.54, 1.807) is 12.1 Å². The summed E-state index contributed by atoms with van der Waals surface area (Å²) >= 11 is 3.27. The summed E-state index contributed by atoms with van der Waals surface area (Å²) in [6.07, 6.45) is 2.94. The highest BCUT2D eigenvalue weighted by Crippen LogP contribution is 2.21. The number of aromatic hydroxyl groups is 1. The van der Waals surface area contributed by atoms with Gasteiger partial charge in [0.1, 0.15) is 5.75 Å². The van der Waals surface area contributed by atoms with Crippen LogP contribution < -0.4 is 11.1 Å². The molecular weight excluding hydrogens is 332 g/mol. The lowest BCUT2D eigenvalue weighted by molar-refractivity contribution is 0.0933. The highest BCUT2D eigenvalue weighted by atomic mass is 79.9. The first-order chi connectivity index (χ1) is 8.58. The smallest absolute Gasteiger partial charge is 0.255 e. The Kier molecular flexibility index (Phi) is 8.80. The lowest BCUT2D eigenvalue weighted by atomic mass is 10.1. The molecule has 1 rings (SSSR count). The number of nitrogens with one attached hydrogen (secondary N) is 1. The first kappa shape index (κ1) is 18.2. The molecule has 1 aromatic carbocycles. The van der Waals surface area contributed by atoms with E-state index in [0.717, 1.165) is 23.7 Å². The molecule has 0 bridgehead atoms. The molecule has 1 atom stereocenters. The second-order valence-electron chi connectivity index (χ2n) is 4.21. The molecule has 1 amide bonds. The van der Waals surface area contributed by atoms with Crippen molar-refractivity contribution in [1.82, 2.24) is 5.32 Å². The molecule has 0 saturated heterocycles. The average molecular weight is 352 g/mol. The molecule has 1 aromatic rings. The fourth-order valence-corrected chi connectivity index (χ4v) is 2.01. The third-order valence-electron chi connectivity index (χ3n) is 2.73. The van der Waals surface area contributed by atoms with Crippen LogP contribution in [0.4, 0.5) is 0 Å². The number of hydrogen-bond acceptors (Lipinski definition) is 3. The van der Waals surface area contributed by atoms with Gasteiger partial charge in [0.05, 0.1) is 5.56 Å². The number of nitrogens with two attached hydrogens (primary N) is 1. The van der Waals surface area contributed by atoms with Crippen molar-refractivity contribution >= 4 is 34.2 Å². The summed E-state index contributed by atoms with van der Waals surface area (Å²) in [5, 5.41) is 12.5. The molecule has 0 fully saturated rings. The van der Waals surface area contributed by atoms with Gasteiger partial charge in [-0.2, -0.15) is 0 Å². The van der Waals surface area contributed by atoms with Crippen molar-refractivity contribution in [3.8, 4) is 5.75 Å². The SMILES string of the molecule is CCCCC(CN)NC(=O)c1cc(Br)ccc1O.Cl. The van der Waals surface area contributed by atoms with Crippen LogP contribution in [0.15, 0.2) is 22.7 Å². The van der Waals surface area contributed by atoms with Gasteiger partial charge in [0.15, 0.2) is 0 Å². The van der Waals surface area contributed by atoms with E-state index >= 15 is 0 Å². The summed E-state index contributed by atoms with van der Waals surface area (Å²) in [5.41, 5.74) is 5.88. The van der Waals surface area contributed by atoms with Gasteiger partial charge in [-0.3, -0.25) is 4.79 Å². The van der Waals surface area contributed by atoms with E-state index in [1.165, 1.54) is 6.07 Å². The number of phenolic OH excluding ortho intramolecular Hbond substituents is 1. The van der Waals surface area contributed by atoms with E-state index in [2.05, 4.69) is 28.2 Å². The predicted molar refractivity (Wildman–Crippen MR) is 82.9 cm³/mol. The highest BCUT2D eigenvalue weighted by molar-refractivity contribution is 9.10. The highest BCUT2D eigenvalue weighted by Gasteiger charge is 2.15. The van der Waals surface area contributed by atoms with E-state index in [-0.39, 0.29) is 35.7 Å². The number of benzene rings is 1. The monoisotopic (exact) mass is 350 g/mol. The van der Waals surface area contributed by atoms with Crippen LogP contribution >= 0.6 is 28.3 Å². The summed E-state index contributed by atoms with van der Waals surface area (Å²) in [4.78, 5) is 12.0. The molecule has 6 heteroatoms. The number of halogens is 2. The number of phenols is 1. The van der Waals surface area contributed by atoms with Gasteiger partial charge < -0.3 is 16.2 Å². The van der Waals surface area contributed by atoms with Crippen molar-refractivity contribution < 1.29 is 9.90 Å². The molecule has 0 aliphatic carbocycles. The molecule has 0 aliphatic heterocycles. The molecule has 4 N–H and O–H groups in total. The van der Waals surface area contributed by atoms with Crippen molar-refractivity contribution in [2.75, 3.05) is 6.54 Å². The Hall–Kier alpha value is -0.780. The van der Waals surface area contributed by atoms with Crippen molar-refractivity contribution in [2.45, 2.75) is 32.2 Å². The fraction of sp³-hybridized carbons (Fsp3) is 0.462. The Morgan fingerprint density at radius 3 is 2.79 bits per heavy atom. The molecule has 0 saturated carbocycles. The Morgan fingerprint density at radius 2 is 2.21 bits per heavy atom. The molecule has 1 unspecified atom stereocenters. The first-order valence-electron chi connectivity index (χ1n) is 6.08. The topological polar surface area (TPSA) is 75.3 Å². The normalized spacial score (nSPS) is 11.5. The van der Waals surface area contributed by atoms with Crippen LogP contribution in [-0.2, 0) is 0 Å². The molecule has 0 aromatic heterocycles. The Bertz CT molecular complexity index is 416. The summed E-state index contributed by atoms with van der Waals surface area (Å²) in [5.74, 6) is -0.317. The minimum atomic E-state index is -0.291. The van der Waals surface area contributed by atoms with Gasteiger partial charge in [-0.1, -0.05) is 35.7 Å². The zero-order valence-electron chi connectivity index (χ0n) is 10.9. The minimum Gasteiger partial charge on any atom is -0.507 e. The standard InChI is InChI=1S/C13H19BrN2O2.ClH/c1-2-3-4-10(8-15)16-13(18)11-7-9(14)5-6-12(11)17;/h5-7,10,17H,2-4,8,15H2,1H3,(H,16,18);1H. The molecule has 0 aliphatic rings. The van der Waals surface area contributed by atoms with Crippen molar-refractivity contribution in [1.29, 1.82) is 0 Å². The van der Waals surface area contributed by atoms with Gasteiger partial charge in [-0.25, -0.2) is 0 Å². The van der Waals surface area contributed by atoms with Crippen LogP contribution in [0.5, 0.6) is 5.75 Å². The number of hydrogen-bond donors (Lipinski definition) is 3. The molecule has 0 heterocycles. The summed E-state index contributed by atoms with van der Waals surface area (Å²) in [6.45, 7) is 2.50. The van der Waals surface area contributed by atoms with Crippen LogP contribution in [-0.4, -0.2) is 23.6 Å². The van der Waals surface area contributed by atoms with E-state index in [1.807, 2.05) is 0 Å². The summed E-state index contributed by atoms with van der Waals surface area (Å²) < 4.78 is 0.753. The number of unbranched alkanes of at least 4 members (excludes halogenated alkanes) is 1. The van der Waals surface area contributed by atoms with Crippen LogP contribution in [0, 0.1) is 0 Å². The first-order valence-corrected chi connectivity index (χ1v) is 6.87. The molecule has 19 heavy (non-hydrogen) atoms. The minimum absolute atomic E-state index is 0. The molecule has 0 radical (unpaired) electrons. The maximum absolute atomic E-state index is 12.0. The van der Waals surface area contributed by atoms with E-state index in [0.29, 0.717) is 6.54 Å². The summed E-state index contributed by atoms with van der Waals surface area (Å²) in [7, 11) is 0. The van der Waals surface area contributed by atoms with Crippen LogP contribution in [0.1, 0.15) is 36.5 Å². The quantitative estimate of drug-likeness (QED) is 0.737. The van der Waals surface area contributed by atoms with E-state index < -0.39 is 0 Å². The fourth-order valence-electron chi connectivity index (χ4n) is 1.65. The maximum atomic E-state index is 12.0. The Morgan fingerprint density at radius 1 is 1.53 bits per heavy atom. The lowest BCUT2D eigenvalue weighted by Gasteiger charge is -2.17. The second kappa shape index (κ2) is 9.18. The van der Waals surface area contributed by atoms with Crippen molar-refractivity contribution in [3.05, 3.63) is 28.2 Å². The summed E-state index contributed by atoms with van der Waals surface area (Å²) in [6, 6.07) is 4.72. The van der Waals surface area contributed by atoms with Gasteiger partial charge in [0.25, 0.3) is 5.91 Å². The van der Waals surface area contributed by atoms with Crippen LogP contribution in [0.2, 0.25) is 0 Å². The molecule has 4 nitrogen and oxygen atoms in total. The van der Waals surface area contributed by atoms with Gasteiger partial charge in [0, 0.05) is 17.1 Å². The van der Waals surface area contributed by atoms with Crippen LogP contribution in [0.3, 0.4) is 0 Å². The van der Waals surface area contributed by atoms with Crippen molar-refractivity contribution in [3.63, 3.8) is 0 Å². The van der Waals surface area contributed by atoms with Gasteiger partial charge in [-0.15, -0.1) is 12.4 Å². The third kappa shape index (κ3) is 5.80. The zero-order chi connectivity index (χ0) is 13.5. The Labute approximate surface area is 128 Å². The number of rotatable bonds is 6. The molecular formula is C13H20BrClN2O2. The van der Waals surface area contributed by atoms with Gasteiger partial charge >= 0.3 is 0 Å². The number of carbonyl (C=O) groups excluding carboxylic acids is 1. The molecule has 108 valence electrons. The van der Waals surface area contributed by atoms with Crippen LogP contribution in [0.25, 0.3) is 0 Å². The number of carbonyl (C=O) groups is 1. The largest absolute Gasteiger partial charge is 0.507 e. The lowest BCUT2D eigenvalue weighted by Crippen LogP contribution is -2.40. The molecule has 0 spiro atoms. The third-order valence-corrected chi connectivity index (χ3v) is 3.22. The van der Waals surface area contributed by atoms with Gasteiger partial charge in [-0.05, 0) is 24.6 Å². The number of amides is 1. The Balaban J connectivity index is 0.00000324. The predicted octanol–water partition coefficient (Wildman–Crippen LogP) is 2.82. The van der Waals surface area contributed by atoms with Gasteiger partial charge in [0.2, 0.25) is 0 Å². The second-order valence-corrected chi connectivity index (χ2v) is 5.13. The maximum Gasteiger partial charge on any atom is 0.255 e. The van der Waals surface area contributed by atoms with E-state index in [9.17, 15) is 9.90 Å². The van der Waals surface area contributed by atoms with E-state index in [4.69, 9.17) is 5.73 Å².